The molecule has 2 aromatic carbocycles. The third-order valence-corrected chi connectivity index (χ3v) is 4.17. The molecule has 28 heavy (non-hydrogen) atoms. The van der Waals surface area contributed by atoms with Gasteiger partial charge in [0.05, 0.1) is 23.8 Å². The lowest BCUT2D eigenvalue weighted by molar-refractivity contribution is -0.112. The second kappa shape index (κ2) is 10.0. The van der Waals surface area contributed by atoms with Crippen LogP contribution in [0.3, 0.4) is 0 Å². The molecule has 1 N–H and O–H groups in total. The standard InChI is InChI=1S/C21H20Cl2N2O3/c1-13(2)12-28-20-18(22)9-14(10-19(20)23)8-15(11-24)21(26)25-16-4-6-17(27-3)7-5-16/h4-10,13H,12H2,1-3H3,(H,25,26)/b15-8+. The Kier molecular flexibility index (Phi) is 7.74. The number of nitrogens with zero attached hydrogens (tertiary/aromatic N) is 1. The molecular formula is C21H20Cl2N2O3. The van der Waals surface area contributed by atoms with Crippen molar-refractivity contribution in [1.82, 2.24) is 0 Å². The van der Waals surface area contributed by atoms with Crippen LogP contribution in [0, 0.1) is 17.2 Å². The van der Waals surface area contributed by atoms with Crippen LogP contribution in [0.25, 0.3) is 6.08 Å². The summed E-state index contributed by atoms with van der Waals surface area (Å²) in [5, 5.41) is 12.7. The van der Waals surface area contributed by atoms with Gasteiger partial charge in [0.25, 0.3) is 5.91 Å². The van der Waals surface area contributed by atoms with E-state index >= 15 is 0 Å². The maximum atomic E-state index is 12.4. The average molecular weight is 419 g/mol. The first-order chi connectivity index (χ1) is 13.3. The molecule has 0 saturated carbocycles. The highest BCUT2D eigenvalue weighted by Gasteiger charge is 2.13. The number of halogens is 2. The quantitative estimate of drug-likeness (QED) is 0.470. The molecular weight excluding hydrogens is 399 g/mol. The molecule has 2 aromatic rings. The summed E-state index contributed by atoms with van der Waals surface area (Å²) in [6, 6.07) is 11.9. The molecule has 0 heterocycles. The van der Waals surface area contributed by atoms with Gasteiger partial charge >= 0.3 is 0 Å². The maximum Gasteiger partial charge on any atom is 0.266 e. The first kappa shape index (κ1) is 21.6. The van der Waals surface area contributed by atoms with Crippen LogP contribution in [0.1, 0.15) is 19.4 Å². The van der Waals surface area contributed by atoms with Crippen molar-refractivity contribution < 1.29 is 14.3 Å². The van der Waals surface area contributed by atoms with Gasteiger partial charge in [-0.25, -0.2) is 0 Å². The van der Waals surface area contributed by atoms with Gasteiger partial charge in [-0.15, -0.1) is 0 Å². The lowest BCUT2D eigenvalue weighted by Crippen LogP contribution is -2.13. The summed E-state index contributed by atoms with van der Waals surface area (Å²) in [6.07, 6.45) is 1.42. The van der Waals surface area contributed by atoms with Crippen molar-refractivity contribution in [3.05, 3.63) is 57.6 Å². The van der Waals surface area contributed by atoms with Crippen molar-refractivity contribution in [2.24, 2.45) is 5.92 Å². The van der Waals surface area contributed by atoms with E-state index in [9.17, 15) is 10.1 Å². The summed E-state index contributed by atoms with van der Waals surface area (Å²) in [6.45, 7) is 4.50. The van der Waals surface area contributed by atoms with Crippen LogP contribution in [-0.2, 0) is 4.79 Å². The number of anilines is 1. The Bertz CT molecular complexity index is 893. The van der Waals surface area contributed by atoms with E-state index in [4.69, 9.17) is 32.7 Å². The summed E-state index contributed by atoms with van der Waals surface area (Å²) in [5.74, 6) is 0.826. The van der Waals surface area contributed by atoms with Crippen molar-refractivity contribution in [2.45, 2.75) is 13.8 Å². The molecule has 0 spiro atoms. The number of ether oxygens (including phenoxy) is 2. The third-order valence-electron chi connectivity index (χ3n) is 3.61. The Hall–Kier alpha value is -2.68. The average Bonchev–Trinajstić information content (AvgIpc) is 2.65. The number of hydrogen-bond acceptors (Lipinski definition) is 4. The van der Waals surface area contributed by atoms with E-state index in [1.54, 1.807) is 43.5 Å². The van der Waals surface area contributed by atoms with Gasteiger partial charge in [0, 0.05) is 5.69 Å². The monoisotopic (exact) mass is 418 g/mol. The van der Waals surface area contributed by atoms with Gasteiger partial charge in [0.2, 0.25) is 0 Å². The fraction of sp³-hybridized carbons (Fsp3) is 0.238. The van der Waals surface area contributed by atoms with E-state index in [0.29, 0.717) is 45.3 Å². The number of carbonyl (C=O) groups excluding carboxylic acids is 1. The van der Waals surface area contributed by atoms with Gasteiger partial charge in [-0.1, -0.05) is 37.0 Å². The molecule has 0 aromatic heterocycles. The molecule has 0 atom stereocenters. The van der Waals surface area contributed by atoms with Crippen LogP contribution in [0.15, 0.2) is 42.0 Å². The zero-order chi connectivity index (χ0) is 20.7. The van der Waals surface area contributed by atoms with Gasteiger partial charge in [0.15, 0.2) is 5.75 Å². The summed E-state index contributed by atoms with van der Waals surface area (Å²) in [4.78, 5) is 12.4. The Morgan fingerprint density at radius 1 is 1.21 bits per heavy atom. The number of rotatable bonds is 7. The molecule has 0 aliphatic rings. The van der Waals surface area contributed by atoms with Crippen LogP contribution in [0.2, 0.25) is 10.0 Å². The molecule has 1 amide bonds. The second-order valence-electron chi connectivity index (χ2n) is 6.37. The molecule has 0 fully saturated rings. The summed E-state index contributed by atoms with van der Waals surface area (Å²) >= 11 is 12.5. The molecule has 0 bridgehead atoms. The third kappa shape index (κ3) is 5.91. The fourth-order valence-electron chi connectivity index (χ4n) is 2.24. The largest absolute Gasteiger partial charge is 0.497 e. The minimum absolute atomic E-state index is 0.0844. The molecule has 5 nitrogen and oxygen atoms in total. The molecule has 0 saturated heterocycles. The minimum atomic E-state index is -0.542. The number of nitriles is 1. The van der Waals surface area contributed by atoms with Gasteiger partial charge in [-0.2, -0.15) is 5.26 Å². The normalized spacial score (nSPS) is 11.1. The van der Waals surface area contributed by atoms with Crippen LogP contribution in [0.5, 0.6) is 11.5 Å². The topological polar surface area (TPSA) is 71.3 Å². The minimum Gasteiger partial charge on any atom is -0.497 e. The van der Waals surface area contributed by atoms with Crippen LogP contribution >= 0.6 is 23.2 Å². The van der Waals surface area contributed by atoms with Crippen molar-refractivity contribution >= 4 is 40.9 Å². The number of benzene rings is 2. The molecule has 0 radical (unpaired) electrons. The Balaban J connectivity index is 2.20. The van der Waals surface area contributed by atoms with Crippen LogP contribution in [0.4, 0.5) is 5.69 Å². The SMILES string of the molecule is COc1ccc(NC(=O)/C(C#N)=C/c2cc(Cl)c(OCC(C)C)c(Cl)c2)cc1. The second-order valence-corrected chi connectivity index (χ2v) is 7.19. The van der Waals surface area contributed by atoms with Crippen molar-refractivity contribution in [2.75, 3.05) is 19.0 Å². The highest BCUT2D eigenvalue weighted by atomic mass is 35.5. The highest BCUT2D eigenvalue weighted by Crippen LogP contribution is 2.35. The van der Waals surface area contributed by atoms with E-state index < -0.39 is 5.91 Å². The van der Waals surface area contributed by atoms with Gasteiger partial charge in [-0.05, 0) is 54.0 Å². The van der Waals surface area contributed by atoms with Gasteiger partial charge in [0.1, 0.15) is 17.4 Å². The van der Waals surface area contributed by atoms with E-state index in [-0.39, 0.29) is 5.57 Å². The molecule has 0 aliphatic carbocycles. The molecule has 146 valence electrons. The molecule has 2 rings (SSSR count). The smallest absolute Gasteiger partial charge is 0.266 e. The summed E-state index contributed by atoms with van der Waals surface area (Å²) in [5.41, 5.74) is 0.979. The van der Waals surface area contributed by atoms with Crippen molar-refractivity contribution in [3.8, 4) is 17.6 Å². The van der Waals surface area contributed by atoms with Crippen molar-refractivity contribution in [3.63, 3.8) is 0 Å². The Labute approximate surface area is 174 Å². The maximum absolute atomic E-state index is 12.4. The van der Waals surface area contributed by atoms with E-state index in [1.165, 1.54) is 6.08 Å². The summed E-state index contributed by atoms with van der Waals surface area (Å²) < 4.78 is 10.7. The first-order valence-electron chi connectivity index (χ1n) is 8.53. The summed E-state index contributed by atoms with van der Waals surface area (Å²) in [7, 11) is 1.56. The van der Waals surface area contributed by atoms with Crippen LogP contribution < -0.4 is 14.8 Å². The zero-order valence-electron chi connectivity index (χ0n) is 15.8. The number of hydrogen-bond donors (Lipinski definition) is 1. The predicted octanol–water partition coefficient (Wildman–Crippen LogP) is 5.58. The lowest BCUT2D eigenvalue weighted by Gasteiger charge is -2.12. The van der Waals surface area contributed by atoms with E-state index in [0.717, 1.165) is 0 Å². The molecule has 0 aliphatic heterocycles. The number of carbonyl (C=O) groups is 1. The molecule has 7 heteroatoms. The van der Waals surface area contributed by atoms with E-state index in [2.05, 4.69) is 5.32 Å². The van der Waals surface area contributed by atoms with Crippen LogP contribution in [-0.4, -0.2) is 19.6 Å². The number of nitrogens with one attached hydrogen (secondary N) is 1. The number of amides is 1. The Morgan fingerprint density at radius 3 is 2.32 bits per heavy atom. The fourth-order valence-corrected chi connectivity index (χ4v) is 2.85. The number of methoxy groups -OCH3 is 1. The molecule has 0 unspecified atom stereocenters. The van der Waals surface area contributed by atoms with Gasteiger partial charge in [-0.3, -0.25) is 4.79 Å². The highest BCUT2D eigenvalue weighted by molar-refractivity contribution is 6.37. The lowest BCUT2D eigenvalue weighted by atomic mass is 10.1. The van der Waals surface area contributed by atoms with E-state index in [1.807, 2.05) is 19.9 Å². The first-order valence-corrected chi connectivity index (χ1v) is 9.28. The van der Waals surface area contributed by atoms with Crippen molar-refractivity contribution in [1.29, 1.82) is 5.26 Å². The predicted molar refractivity (Wildman–Crippen MR) is 112 cm³/mol. The van der Waals surface area contributed by atoms with Gasteiger partial charge < -0.3 is 14.8 Å². The zero-order valence-corrected chi connectivity index (χ0v) is 17.3. The Morgan fingerprint density at radius 2 is 1.82 bits per heavy atom.